The van der Waals surface area contributed by atoms with Crippen molar-refractivity contribution in [2.45, 2.75) is 44.7 Å². The van der Waals surface area contributed by atoms with Gasteiger partial charge in [-0.3, -0.25) is 9.10 Å². The molecule has 0 aliphatic carbocycles. The molecule has 2 aromatic rings. The molecule has 0 aliphatic heterocycles. The van der Waals surface area contributed by atoms with Crippen LogP contribution in [0.1, 0.15) is 38.1 Å². The minimum absolute atomic E-state index is 0.00547. The summed E-state index contributed by atoms with van der Waals surface area (Å²) < 4.78 is 27.9. The Balaban J connectivity index is 2.49. The number of carbonyl (C=O) groups excluding carboxylic acids is 1. The van der Waals surface area contributed by atoms with Gasteiger partial charge >= 0.3 is 0 Å². The predicted octanol–water partition coefficient (Wildman–Crippen LogP) is 4.98. The molecule has 0 spiro atoms. The van der Waals surface area contributed by atoms with Crippen molar-refractivity contribution >= 4 is 33.2 Å². The van der Waals surface area contributed by atoms with Crippen LogP contribution in [-0.2, 0) is 10.0 Å². The summed E-state index contributed by atoms with van der Waals surface area (Å²) >= 11 is 5.93. The zero-order valence-electron chi connectivity index (χ0n) is 17.2. The first kappa shape index (κ1) is 23.0. The molecule has 0 atom stereocenters. The second-order valence-corrected chi connectivity index (χ2v) is 9.53. The summed E-state index contributed by atoms with van der Waals surface area (Å²) in [6, 6.07) is 12.7. The van der Waals surface area contributed by atoms with Crippen molar-refractivity contribution in [3.05, 3.63) is 71.8 Å². The first-order valence-corrected chi connectivity index (χ1v) is 11.2. The van der Waals surface area contributed by atoms with Crippen molar-refractivity contribution in [2.75, 3.05) is 10.8 Å². The molecule has 0 bridgehead atoms. The molecule has 1 amide bonds. The Labute approximate surface area is 178 Å². The van der Waals surface area contributed by atoms with E-state index in [1.54, 1.807) is 41.3 Å². The molecule has 7 heteroatoms. The second kappa shape index (κ2) is 9.46. The maximum Gasteiger partial charge on any atom is 0.264 e. The first-order valence-electron chi connectivity index (χ1n) is 9.41. The van der Waals surface area contributed by atoms with Gasteiger partial charge in [-0.25, -0.2) is 8.42 Å². The number of benzene rings is 2. The Bertz CT molecular complexity index is 962. The van der Waals surface area contributed by atoms with Gasteiger partial charge in [-0.2, -0.15) is 0 Å². The van der Waals surface area contributed by atoms with Crippen molar-refractivity contribution in [3.8, 4) is 0 Å². The summed E-state index contributed by atoms with van der Waals surface area (Å²) in [5.41, 5.74) is 0.806. The molecule has 2 aromatic carbocycles. The average Bonchev–Trinajstić information content (AvgIpc) is 2.66. The molecule has 0 saturated heterocycles. The van der Waals surface area contributed by atoms with E-state index < -0.39 is 10.0 Å². The summed E-state index contributed by atoms with van der Waals surface area (Å²) in [6.45, 7) is 11.5. The van der Waals surface area contributed by atoms with Crippen LogP contribution in [0.4, 0.5) is 5.69 Å². The van der Waals surface area contributed by atoms with E-state index in [2.05, 4.69) is 6.58 Å². The van der Waals surface area contributed by atoms with Gasteiger partial charge in [-0.05, 0) is 70.2 Å². The SMILES string of the molecule is C=CCN(c1ccc(Cl)cc1)S(=O)(=O)c1cccc(C(=O)N(C(C)C)C(C)C)c1. The molecule has 0 fully saturated rings. The van der Waals surface area contributed by atoms with Gasteiger partial charge in [0.15, 0.2) is 0 Å². The molecule has 5 nitrogen and oxygen atoms in total. The molecule has 0 aliphatic rings. The Kier molecular flexibility index (Phi) is 7.49. The van der Waals surface area contributed by atoms with Crippen LogP contribution in [-0.4, -0.2) is 37.9 Å². The van der Waals surface area contributed by atoms with Crippen LogP contribution >= 0.6 is 11.6 Å². The maximum absolute atomic E-state index is 13.3. The van der Waals surface area contributed by atoms with Crippen molar-refractivity contribution in [1.82, 2.24) is 4.90 Å². The smallest absolute Gasteiger partial charge is 0.264 e. The standard InChI is InChI=1S/C22H27ClN2O3S/c1-6-14-24(20-12-10-19(23)11-13-20)29(27,28)21-9-7-8-18(15-21)22(26)25(16(2)3)17(4)5/h6-13,15-17H,1,14H2,2-5H3. The van der Waals surface area contributed by atoms with Crippen LogP contribution in [0.25, 0.3) is 0 Å². The van der Waals surface area contributed by atoms with Gasteiger partial charge in [-0.15, -0.1) is 6.58 Å². The third kappa shape index (κ3) is 5.19. The van der Waals surface area contributed by atoms with Crippen LogP contribution < -0.4 is 4.31 Å². The Hall–Kier alpha value is -2.31. The number of nitrogens with zero attached hydrogens (tertiary/aromatic N) is 2. The molecule has 2 rings (SSSR count). The fourth-order valence-electron chi connectivity index (χ4n) is 3.20. The number of sulfonamides is 1. The second-order valence-electron chi connectivity index (χ2n) is 7.23. The lowest BCUT2D eigenvalue weighted by Crippen LogP contribution is -2.42. The van der Waals surface area contributed by atoms with E-state index in [0.717, 1.165) is 0 Å². The Morgan fingerprint density at radius 2 is 1.66 bits per heavy atom. The highest BCUT2D eigenvalue weighted by atomic mass is 35.5. The normalized spacial score (nSPS) is 11.6. The van der Waals surface area contributed by atoms with Gasteiger partial charge in [0.25, 0.3) is 15.9 Å². The first-order chi connectivity index (χ1) is 13.6. The summed E-state index contributed by atoms with van der Waals surface area (Å²) in [4.78, 5) is 14.8. The zero-order valence-corrected chi connectivity index (χ0v) is 18.7. The van der Waals surface area contributed by atoms with E-state index in [1.807, 2.05) is 27.7 Å². The highest BCUT2D eigenvalue weighted by molar-refractivity contribution is 7.92. The zero-order chi connectivity index (χ0) is 21.8. The lowest BCUT2D eigenvalue weighted by Gasteiger charge is -2.31. The molecule has 29 heavy (non-hydrogen) atoms. The average molecular weight is 435 g/mol. The molecule has 0 radical (unpaired) electrons. The number of carbonyl (C=O) groups is 1. The van der Waals surface area contributed by atoms with Crippen LogP contribution in [0.3, 0.4) is 0 Å². The predicted molar refractivity (Wildman–Crippen MR) is 119 cm³/mol. The Morgan fingerprint density at radius 3 is 2.17 bits per heavy atom. The number of amides is 1. The van der Waals surface area contributed by atoms with E-state index in [0.29, 0.717) is 16.3 Å². The van der Waals surface area contributed by atoms with Gasteiger partial charge in [0.2, 0.25) is 0 Å². The lowest BCUT2D eigenvalue weighted by molar-refractivity contribution is 0.0643. The fraction of sp³-hybridized carbons (Fsp3) is 0.318. The van der Waals surface area contributed by atoms with Crippen LogP contribution in [0.5, 0.6) is 0 Å². The largest absolute Gasteiger partial charge is 0.334 e. The topological polar surface area (TPSA) is 57.7 Å². The molecular formula is C22H27ClN2O3S. The monoisotopic (exact) mass is 434 g/mol. The van der Waals surface area contributed by atoms with E-state index in [4.69, 9.17) is 11.6 Å². The van der Waals surface area contributed by atoms with E-state index in [-0.39, 0.29) is 29.4 Å². The van der Waals surface area contributed by atoms with Gasteiger partial charge in [0.1, 0.15) is 0 Å². The maximum atomic E-state index is 13.3. The van der Waals surface area contributed by atoms with Gasteiger partial charge in [0.05, 0.1) is 17.1 Å². The van der Waals surface area contributed by atoms with Crippen molar-refractivity contribution in [1.29, 1.82) is 0 Å². The molecule has 0 N–H and O–H groups in total. The van der Waals surface area contributed by atoms with Crippen LogP contribution in [0.15, 0.2) is 66.1 Å². The summed E-state index contributed by atoms with van der Waals surface area (Å²) in [5, 5.41) is 0.514. The van der Waals surface area contributed by atoms with Crippen molar-refractivity contribution in [3.63, 3.8) is 0 Å². The van der Waals surface area contributed by atoms with Crippen LogP contribution in [0, 0.1) is 0 Å². The van der Waals surface area contributed by atoms with Gasteiger partial charge in [0, 0.05) is 22.7 Å². The fourth-order valence-corrected chi connectivity index (χ4v) is 4.81. The van der Waals surface area contributed by atoms with Gasteiger partial charge in [-0.1, -0.05) is 23.7 Å². The molecule has 0 heterocycles. The van der Waals surface area contributed by atoms with E-state index in [1.165, 1.54) is 22.5 Å². The summed E-state index contributed by atoms with van der Waals surface area (Å²) in [5.74, 6) is -0.200. The van der Waals surface area contributed by atoms with Crippen molar-refractivity contribution < 1.29 is 13.2 Å². The number of halogens is 1. The highest BCUT2D eigenvalue weighted by Crippen LogP contribution is 2.26. The molecule has 0 saturated carbocycles. The van der Waals surface area contributed by atoms with Crippen molar-refractivity contribution in [2.24, 2.45) is 0 Å². The lowest BCUT2D eigenvalue weighted by atomic mass is 10.1. The number of hydrogen-bond acceptors (Lipinski definition) is 3. The third-order valence-corrected chi connectivity index (χ3v) is 6.47. The number of anilines is 1. The molecular weight excluding hydrogens is 408 g/mol. The molecule has 0 aromatic heterocycles. The molecule has 0 unspecified atom stereocenters. The van der Waals surface area contributed by atoms with E-state index >= 15 is 0 Å². The summed E-state index contributed by atoms with van der Waals surface area (Å²) in [6.07, 6.45) is 1.51. The molecule has 156 valence electrons. The highest BCUT2D eigenvalue weighted by Gasteiger charge is 2.27. The third-order valence-electron chi connectivity index (χ3n) is 4.43. The number of rotatable bonds is 8. The van der Waals surface area contributed by atoms with E-state index in [9.17, 15) is 13.2 Å². The quantitative estimate of drug-likeness (QED) is 0.550. The summed E-state index contributed by atoms with van der Waals surface area (Å²) in [7, 11) is -3.90. The number of hydrogen-bond donors (Lipinski definition) is 0. The van der Waals surface area contributed by atoms with Gasteiger partial charge < -0.3 is 4.90 Å². The minimum atomic E-state index is -3.90. The Morgan fingerprint density at radius 1 is 1.07 bits per heavy atom. The minimum Gasteiger partial charge on any atom is -0.334 e. The van der Waals surface area contributed by atoms with Crippen LogP contribution in [0.2, 0.25) is 5.02 Å².